The highest BCUT2D eigenvalue weighted by atomic mass is 35.5. The molecule has 2 N–H and O–H groups in total. The molecule has 0 aromatic heterocycles. The highest BCUT2D eigenvalue weighted by molar-refractivity contribution is 6.39. The lowest BCUT2D eigenvalue weighted by atomic mass is 9.91. The van der Waals surface area contributed by atoms with E-state index in [1.54, 1.807) is 14.2 Å². The summed E-state index contributed by atoms with van der Waals surface area (Å²) in [4.78, 5) is 27.3. The molecular weight excluding hydrogens is 675 g/mol. The van der Waals surface area contributed by atoms with E-state index in [9.17, 15) is 19.8 Å². The van der Waals surface area contributed by atoms with E-state index in [-0.39, 0.29) is 23.9 Å². The molecule has 0 radical (unpaired) electrons. The first kappa shape index (κ1) is 33.1. The first-order chi connectivity index (χ1) is 24.2. The maximum Gasteiger partial charge on any atom is 0.309 e. The second-order valence-corrected chi connectivity index (χ2v) is 14.7. The van der Waals surface area contributed by atoms with Crippen molar-refractivity contribution in [3.05, 3.63) is 93.0 Å². The molecule has 2 aliphatic heterocycles. The van der Waals surface area contributed by atoms with E-state index < -0.39 is 11.9 Å². The van der Waals surface area contributed by atoms with Crippen LogP contribution in [0.15, 0.2) is 60.7 Å². The Labute approximate surface area is 301 Å². The monoisotopic (exact) mass is 712 g/mol. The third-order valence-corrected chi connectivity index (χ3v) is 12.1. The number of fused-ring (bicyclic) bond motifs is 2. The van der Waals surface area contributed by atoms with Crippen molar-refractivity contribution in [3.8, 4) is 44.9 Å². The summed E-state index contributed by atoms with van der Waals surface area (Å²) >= 11 is 14.5. The molecule has 258 valence electrons. The van der Waals surface area contributed by atoms with Gasteiger partial charge in [0.1, 0.15) is 11.5 Å². The average molecular weight is 714 g/mol. The Hall–Kier alpha value is -4.08. The molecule has 2 heterocycles. The Morgan fingerprint density at radius 3 is 1.38 bits per heavy atom. The van der Waals surface area contributed by atoms with Crippen LogP contribution in [0.25, 0.3) is 33.4 Å². The van der Waals surface area contributed by atoms with Gasteiger partial charge in [-0.3, -0.25) is 19.4 Å². The van der Waals surface area contributed by atoms with Gasteiger partial charge >= 0.3 is 11.9 Å². The van der Waals surface area contributed by atoms with Crippen molar-refractivity contribution in [1.29, 1.82) is 0 Å². The van der Waals surface area contributed by atoms with Crippen molar-refractivity contribution < 1.29 is 29.3 Å². The van der Waals surface area contributed by atoms with Crippen LogP contribution in [-0.4, -0.2) is 72.4 Å². The van der Waals surface area contributed by atoms with Gasteiger partial charge in [-0.1, -0.05) is 71.7 Å². The molecule has 8 nitrogen and oxygen atoms in total. The maximum absolute atomic E-state index is 11.4. The van der Waals surface area contributed by atoms with Crippen LogP contribution in [0.4, 0.5) is 0 Å². The van der Waals surface area contributed by atoms with Crippen LogP contribution in [-0.2, 0) is 22.4 Å². The predicted octanol–water partition coefficient (Wildman–Crippen LogP) is 8.02. The quantitative estimate of drug-likeness (QED) is 0.180. The van der Waals surface area contributed by atoms with Gasteiger partial charge in [-0.05, 0) is 60.1 Å². The summed E-state index contributed by atoms with van der Waals surface area (Å²) in [7, 11) is 3.37. The molecule has 4 aliphatic rings. The zero-order valence-electron chi connectivity index (χ0n) is 27.9. The molecule has 4 aromatic carbocycles. The molecule has 4 aromatic rings. The Bertz CT molecular complexity index is 1890. The van der Waals surface area contributed by atoms with Crippen molar-refractivity contribution in [1.82, 2.24) is 9.80 Å². The van der Waals surface area contributed by atoms with Gasteiger partial charge in [0.15, 0.2) is 0 Å². The van der Waals surface area contributed by atoms with Crippen molar-refractivity contribution in [2.45, 2.75) is 37.8 Å². The van der Waals surface area contributed by atoms with Gasteiger partial charge in [0.25, 0.3) is 0 Å². The fourth-order valence-electron chi connectivity index (χ4n) is 8.56. The Morgan fingerprint density at radius 2 is 1.02 bits per heavy atom. The molecule has 0 unspecified atom stereocenters. The van der Waals surface area contributed by atoms with E-state index in [1.165, 1.54) is 11.1 Å². The zero-order valence-corrected chi connectivity index (χ0v) is 29.4. The summed E-state index contributed by atoms with van der Waals surface area (Å²) < 4.78 is 11.9. The number of likely N-dealkylation sites (tertiary alicyclic amines) is 2. The predicted molar refractivity (Wildman–Crippen MR) is 193 cm³/mol. The summed E-state index contributed by atoms with van der Waals surface area (Å²) in [6.45, 7) is 2.24. The number of aliphatic carboxylic acids is 2. The Morgan fingerprint density at radius 1 is 0.640 bits per heavy atom. The normalized spacial score (nSPS) is 20.6. The number of hydrogen-bond donors (Lipinski definition) is 2. The largest absolute Gasteiger partial charge is 0.496 e. The minimum absolute atomic E-state index is 0.150. The summed E-state index contributed by atoms with van der Waals surface area (Å²) in [6, 6.07) is 20.8. The highest BCUT2D eigenvalue weighted by Crippen LogP contribution is 2.50. The Balaban J connectivity index is 1.11. The lowest BCUT2D eigenvalue weighted by molar-refractivity contribution is -0.149. The third-order valence-electron chi connectivity index (χ3n) is 11.2. The number of carboxylic acids is 2. The smallest absolute Gasteiger partial charge is 0.309 e. The van der Waals surface area contributed by atoms with E-state index in [4.69, 9.17) is 32.7 Å². The molecule has 0 amide bonds. The first-order valence-electron chi connectivity index (χ1n) is 17.1. The summed E-state index contributed by atoms with van der Waals surface area (Å²) in [6.07, 6.45) is 3.62. The first-order valence-corrected chi connectivity index (χ1v) is 17.9. The van der Waals surface area contributed by atoms with Crippen LogP contribution >= 0.6 is 23.2 Å². The summed E-state index contributed by atoms with van der Waals surface area (Å²) in [5.74, 6) is -0.489. The van der Waals surface area contributed by atoms with Crippen molar-refractivity contribution in [2.24, 2.45) is 11.8 Å². The lowest BCUT2D eigenvalue weighted by Crippen LogP contribution is -2.51. The van der Waals surface area contributed by atoms with Crippen LogP contribution < -0.4 is 9.47 Å². The summed E-state index contributed by atoms with van der Waals surface area (Å²) in [5.41, 5.74) is 10.0. The van der Waals surface area contributed by atoms with Crippen LogP contribution in [0.3, 0.4) is 0 Å². The van der Waals surface area contributed by atoms with Gasteiger partial charge in [0.05, 0.1) is 36.1 Å². The second-order valence-electron chi connectivity index (χ2n) is 13.9. The number of halogens is 2. The standard InChI is InChI=1S/C40H38Cl2N2O6/c1-49-33-15-23(13-21-9-11-31(35(21)33)43-17-25(18-43)39(45)46)27-5-3-7-29(37(27)41)30-8-4-6-28(38(30)42)24-14-22-10-12-32(36(22)34(16-24)50-2)44-19-26(20-44)40(47)48/h3-8,13-16,25-26,31-32H,9-12,17-20H2,1-2H3,(H,45,46)(H,47,48)/t31-,32+. The number of carbonyl (C=O) groups is 2. The number of methoxy groups -OCH3 is 2. The number of ether oxygens (including phenoxy) is 2. The topological polar surface area (TPSA) is 99.5 Å². The zero-order chi connectivity index (χ0) is 34.8. The SMILES string of the molecule is COc1cc(-c2cccc(-c3cccc(-c4cc5c(c(OC)c4)[C@@H](N4CC(C(=O)O)C4)CC5)c3Cl)c2Cl)cc2c1[C@H](N1CC(C(=O)O)C1)CC2. The maximum atomic E-state index is 11.4. The molecule has 2 fully saturated rings. The van der Waals surface area contributed by atoms with Gasteiger partial charge in [-0.15, -0.1) is 0 Å². The molecule has 0 spiro atoms. The number of nitrogens with zero attached hydrogens (tertiary/aromatic N) is 2. The minimum atomic E-state index is -0.733. The molecule has 0 saturated carbocycles. The van der Waals surface area contributed by atoms with Gasteiger partial charge in [0, 0.05) is 71.6 Å². The molecule has 2 aliphatic carbocycles. The Kier molecular flexibility index (Phi) is 8.54. The highest BCUT2D eigenvalue weighted by Gasteiger charge is 2.42. The van der Waals surface area contributed by atoms with Gasteiger partial charge in [-0.25, -0.2) is 0 Å². The third kappa shape index (κ3) is 5.44. The van der Waals surface area contributed by atoms with Crippen molar-refractivity contribution >= 4 is 35.1 Å². The number of hydrogen-bond acceptors (Lipinski definition) is 6. The van der Waals surface area contributed by atoms with Crippen molar-refractivity contribution in [2.75, 3.05) is 40.4 Å². The molecule has 2 saturated heterocycles. The van der Waals surface area contributed by atoms with E-state index in [0.29, 0.717) is 36.2 Å². The fraction of sp³-hybridized carbons (Fsp3) is 0.350. The van der Waals surface area contributed by atoms with Gasteiger partial charge in [-0.2, -0.15) is 0 Å². The summed E-state index contributed by atoms with van der Waals surface area (Å²) in [5, 5.41) is 20.0. The van der Waals surface area contributed by atoms with Gasteiger partial charge in [0.2, 0.25) is 0 Å². The van der Waals surface area contributed by atoms with E-state index in [0.717, 1.165) is 81.7 Å². The number of aryl methyl sites for hydroxylation is 2. The minimum Gasteiger partial charge on any atom is -0.496 e. The van der Waals surface area contributed by atoms with Crippen molar-refractivity contribution in [3.63, 3.8) is 0 Å². The van der Waals surface area contributed by atoms with E-state index >= 15 is 0 Å². The molecule has 0 bridgehead atoms. The van der Waals surface area contributed by atoms with Crippen LogP contribution in [0, 0.1) is 11.8 Å². The van der Waals surface area contributed by atoms with Crippen LogP contribution in [0.1, 0.15) is 47.2 Å². The molecule has 2 atom stereocenters. The fourth-order valence-corrected chi connectivity index (χ4v) is 9.24. The average Bonchev–Trinajstić information content (AvgIpc) is 3.67. The van der Waals surface area contributed by atoms with E-state index in [1.807, 2.05) is 48.5 Å². The van der Waals surface area contributed by atoms with Gasteiger partial charge < -0.3 is 19.7 Å². The molecule has 50 heavy (non-hydrogen) atoms. The molecule has 8 rings (SSSR count). The van der Waals surface area contributed by atoms with Crippen LogP contribution in [0.5, 0.6) is 11.5 Å². The van der Waals surface area contributed by atoms with E-state index in [2.05, 4.69) is 21.9 Å². The van der Waals surface area contributed by atoms with Crippen LogP contribution in [0.2, 0.25) is 10.0 Å². The number of carboxylic acid groups (broad SMARTS) is 2. The second kappa shape index (κ2) is 12.9. The number of benzene rings is 4. The molecular formula is C40H38Cl2N2O6. The molecule has 10 heteroatoms. The lowest BCUT2D eigenvalue weighted by Gasteiger charge is -2.41. The number of rotatable bonds is 9.